The van der Waals surface area contributed by atoms with Gasteiger partial charge in [-0.2, -0.15) is 0 Å². The summed E-state index contributed by atoms with van der Waals surface area (Å²) in [6.45, 7) is 5.23. The van der Waals surface area contributed by atoms with Crippen molar-refractivity contribution in [2.24, 2.45) is 0 Å². The average molecular weight is 898 g/mol. The van der Waals surface area contributed by atoms with Gasteiger partial charge < -0.3 is 13.9 Å². The van der Waals surface area contributed by atoms with E-state index in [9.17, 15) is 0 Å². The van der Waals surface area contributed by atoms with E-state index in [0.717, 1.165) is 106 Å². The van der Waals surface area contributed by atoms with Crippen LogP contribution in [0.3, 0.4) is 0 Å². The molecule has 9 aromatic carbocycles. The molecule has 1 aliphatic heterocycles. The molecule has 0 amide bonds. The third-order valence-electron chi connectivity index (χ3n) is 13.4. The number of fused-ring (bicyclic) bond motifs is 7. The maximum atomic E-state index is 6.79. The molecule has 0 atom stereocenters. The van der Waals surface area contributed by atoms with Gasteiger partial charge in [0.05, 0.1) is 16.7 Å². The second kappa shape index (κ2) is 17.0. The van der Waals surface area contributed by atoms with Gasteiger partial charge in [-0.15, -0.1) is 0 Å². The Balaban J connectivity index is 1.05. The summed E-state index contributed by atoms with van der Waals surface area (Å²) in [5.41, 5.74) is 16.1. The van der Waals surface area contributed by atoms with Gasteiger partial charge >= 0.3 is 0 Å². The van der Waals surface area contributed by atoms with E-state index in [1.807, 2.05) is 66.7 Å². The summed E-state index contributed by atoms with van der Waals surface area (Å²) >= 11 is 0. The fourth-order valence-corrected chi connectivity index (χ4v) is 10.1. The SMILES string of the molecule is C=C1/C=C\C=C/CN(c2cccc(-c3nc(-c4ccccc4)nc(-c4ccccc4)n3)c2)c2cc(-c3c(-c4ccccc4)ccc4c5ccccc5n(-c5cccc6c5oc5ccccc56)c34)ccc21. The first-order valence-corrected chi connectivity index (χ1v) is 23.6. The lowest BCUT2D eigenvalue weighted by molar-refractivity contribution is 0.666. The molecule has 0 aliphatic carbocycles. The van der Waals surface area contributed by atoms with Gasteiger partial charge in [0.1, 0.15) is 5.58 Å². The zero-order chi connectivity index (χ0) is 46.5. The number of hydrogen-bond acceptors (Lipinski definition) is 5. The van der Waals surface area contributed by atoms with Crippen LogP contribution in [0.5, 0.6) is 0 Å². The van der Waals surface area contributed by atoms with Crippen molar-refractivity contribution < 1.29 is 4.42 Å². The zero-order valence-electron chi connectivity index (χ0n) is 38.1. The molecule has 6 nitrogen and oxygen atoms in total. The second-order valence-corrected chi connectivity index (χ2v) is 17.6. The summed E-state index contributed by atoms with van der Waals surface area (Å²) in [5.74, 6) is 1.84. The summed E-state index contributed by atoms with van der Waals surface area (Å²) in [4.78, 5) is 17.6. The van der Waals surface area contributed by atoms with Crippen molar-refractivity contribution in [1.82, 2.24) is 19.5 Å². The van der Waals surface area contributed by atoms with Crippen molar-refractivity contribution >= 4 is 60.7 Å². The summed E-state index contributed by atoms with van der Waals surface area (Å²) in [7, 11) is 0. The Morgan fingerprint density at radius 1 is 0.443 bits per heavy atom. The quantitative estimate of drug-likeness (QED) is 0.159. The molecule has 6 heteroatoms. The fraction of sp³-hybridized carbons (Fsp3) is 0.0156. The van der Waals surface area contributed by atoms with Crippen LogP contribution in [0.15, 0.2) is 248 Å². The Morgan fingerprint density at radius 3 is 1.81 bits per heavy atom. The standard InChI is InChI=1S/C64H43N5O/c1-42-20-6-5-17-39-68(48-28-18-27-47(40-48)64-66-62(44-23-9-3-10-24-44)65-63(67-64)45-25-11-4-12-26-45)57-41-46(35-36-49(42)57)59-50(43-21-7-2-8-22-43)37-38-53-51-29-13-15-32-55(51)69(60(53)59)56-33-19-31-54-52-30-14-16-34-58(52)70-61(54)56/h2-38,40-41H,1,39H2/b17-5-,20-6-. The van der Waals surface area contributed by atoms with Crippen LogP contribution in [-0.4, -0.2) is 26.1 Å². The highest BCUT2D eigenvalue weighted by Crippen LogP contribution is 2.47. The third kappa shape index (κ3) is 7.01. The number of para-hydroxylation sites is 3. The first-order valence-electron chi connectivity index (χ1n) is 23.6. The predicted octanol–water partition coefficient (Wildman–Crippen LogP) is 16.5. The lowest BCUT2D eigenvalue weighted by Crippen LogP contribution is -2.18. The number of aromatic nitrogens is 4. The number of furan rings is 1. The molecule has 0 unspecified atom stereocenters. The van der Waals surface area contributed by atoms with Crippen molar-refractivity contribution in [2.45, 2.75) is 0 Å². The molecule has 70 heavy (non-hydrogen) atoms. The number of allylic oxidation sites excluding steroid dienone is 4. The minimum atomic E-state index is 0.598. The Hall–Kier alpha value is -9.39. The molecule has 0 radical (unpaired) electrons. The Morgan fingerprint density at radius 2 is 1.06 bits per heavy atom. The van der Waals surface area contributed by atoms with E-state index in [-0.39, 0.29) is 0 Å². The number of nitrogens with zero attached hydrogens (tertiary/aromatic N) is 5. The highest BCUT2D eigenvalue weighted by Gasteiger charge is 2.25. The van der Waals surface area contributed by atoms with Gasteiger partial charge in [0, 0.05) is 67.3 Å². The van der Waals surface area contributed by atoms with Crippen LogP contribution >= 0.6 is 0 Å². The molecule has 13 rings (SSSR count). The lowest BCUT2D eigenvalue weighted by atomic mass is 9.90. The van der Waals surface area contributed by atoms with Gasteiger partial charge in [-0.3, -0.25) is 0 Å². The number of rotatable bonds is 7. The fourth-order valence-electron chi connectivity index (χ4n) is 10.1. The van der Waals surface area contributed by atoms with E-state index in [4.69, 9.17) is 19.4 Å². The van der Waals surface area contributed by atoms with Gasteiger partial charge in [0.15, 0.2) is 23.1 Å². The number of anilines is 2. The Kier molecular flexibility index (Phi) is 9.95. The monoisotopic (exact) mass is 897 g/mol. The largest absolute Gasteiger partial charge is 0.454 e. The maximum absolute atomic E-state index is 6.79. The van der Waals surface area contributed by atoms with E-state index < -0.39 is 0 Å². The first kappa shape index (κ1) is 40.8. The van der Waals surface area contributed by atoms with E-state index in [0.29, 0.717) is 24.0 Å². The van der Waals surface area contributed by atoms with Crippen LogP contribution < -0.4 is 4.90 Å². The van der Waals surface area contributed by atoms with Gasteiger partial charge in [0.2, 0.25) is 0 Å². The molecule has 3 aromatic heterocycles. The van der Waals surface area contributed by atoms with E-state index >= 15 is 0 Å². The topological polar surface area (TPSA) is 60.0 Å². The molecule has 1 aliphatic rings. The summed E-state index contributed by atoms with van der Waals surface area (Å²) in [6.07, 6.45) is 8.47. The van der Waals surface area contributed by atoms with Crippen molar-refractivity contribution in [1.29, 1.82) is 0 Å². The molecule has 0 N–H and O–H groups in total. The second-order valence-electron chi connectivity index (χ2n) is 17.6. The van der Waals surface area contributed by atoms with Gasteiger partial charge in [-0.25, -0.2) is 15.0 Å². The number of hydrogen-bond donors (Lipinski definition) is 0. The third-order valence-corrected chi connectivity index (χ3v) is 13.4. The Bertz CT molecular complexity index is 4000. The smallest absolute Gasteiger partial charge is 0.164 e. The van der Waals surface area contributed by atoms with Gasteiger partial charge in [0.25, 0.3) is 0 Å². The van der Waals surface area contributed by atoms with E-state index in [1.165, 1.54) is 5.39 Å². The van der Waals surface area contributed by atoms with Gasteiger partial charge in [-0.1, -0.05) is 207 Å². The summed E-state index contributed by atoms with van der Waals surface area (Å²) < 4.78 is 9.21. The molecule has 330 valence electrons. The zero-order valence-corrected chi connectivity index (χ0v) is 38.1. The molecule has 0 saturated heterocycles. The molecule has 0 bridgehead atoms. The predicted molar refractivity (Wildman–Crippen MR) is 289 cm³/mol. The normalized spacial score (nSPS) is 13.6. The highest BCUT2D eigenvalue weighted by molar-refractivity contribution is 6.18. The van der Waals surface area contributed by atoms with Crippen LogP contribution in [0.4, 0.5) is 11.4 Å². The molecular formula is C64H43N5O. The summed E-state index contributed by atoms with van der Waals surface area (Å²) in [6, 6.07) is 74.5. The molecule has 0 fully saturated rings. The van der Waals surface area contributed by atoms with Gasteiger partial charge in [-0.05, 0) is 58.7 Å². The lowest BCUT2D eigenvalue weighted by Gasteiger charge is -2.28. The van der Waals surface area contributed by atoms with Crippen LogP contribution in [0.25, 0.3) is 111 Å². The van der Waals surface area contributed by atoms with Crippen molar-refractivity contribution in [2.75, 3.05) is 11.4 Å². The van der Waals surface area contributed by atoms with E-state index in [1.54, 1.807) is 0 Å². The van der Waals surface area contributed by atoms with Crippen LogP contribution in [-0.2, 0) is 0 Å². The van der Waals surface area contributed by atoms with Crippen molar-refractivity contribution in [3.05, 3.63) is 249 Å². The molecule has 0 saturated carbocycles. The van der Waals surface area contributed by atoms with Crippen LogP contribution in [0.2, 0.25) is 0 Å². The molecule has 0 spiro atoms. The minimum Gasteiger partial charge on any atom is -0.454 e. The van der Waals surface area contributed by atoms with E-state index in [2.05, 4.69) is 186 Å². The minimum absolute atomic E-state index is 0.598. The summed E-state index contributed by atoms with van der Waals surface area (Å²) in [5, 5.41) is 4.50. The average Bonchev–Trinajstić information content (AvgIpc) is 4.00. The maximum Gasteiger partial charge on any atom is 0.164 e. The van der Waals surface area contributed by atoms with Crippen LogP contribution in [0.1, 0.15) is 5.56 Å². The Labute approximate surface area is 405 Å². The van der Waals surface area contributed by atoms with Crippen molar-refractivity contribution in [3.8, 4) is 62.1 Å². The first-order chi connectivity index (χ1) is 34.6. The van der Waals surface area contributed by atoms with Crippen LogP contribution in [0, 0.1) is 0 Å². The highest BCUT2D eigenvalue weighted by atomic mass is 16.3. The van der Waals surface area contributed by atoms with Crippen molar-refractivity contribution in [3.63, 3.8) is 0 Å². The molecular weight excluding hydrogens is 855 g/mol. The number of benzene rings is 9. The molecule has 12 aromatic rings. The molecule has 4 heterocycles.